The highest BCUT2D eigenvalue weighted by atomic mass is 16.2. The Kier molecular flexibility index (Phi) is 2.84. The molecule has 4 nitrogen and oxygen atoms in total. The summed E-state index contributed by atoms with van der Waals surface area (Å²) in [5.74, 6) is 0.0649. The van der Waals surface area contributed by atoms with Crippen molar-refractivity contribution in [3.63, 3.8) is 0 Å². The van der Waals surface area contributed by atoms with E-state index >= 15 is 0 Å². The van der Waals surface area contributed by atoms with Crippen LogP contribution >= 0.6 is 0 Å². The topological polar surface area (TPSA) is 49.0 Å². The van der Waals surface area contributed by atoms with Crippen molar-refractivity contribution in [2.45, 2.75) is 18.9 Å². The van der Waals surface area contributed by atoms with Crippen molar-refractivity contribution in [1.82, 2.24) is 15.1 Å². The van der Waals surface area contributed by atoms with Gasteiger partial charge in [0.1, 0.15) is 0 Å². The summed E-state index contributed by atoms with van der Waals surface area (Å²) in [6.07, 6.45) is 5.34. The molecule has 4 heteroatoms. The van der Waals surface area contributed by atoms with Gasteiger partial charge in [0.25, 0.3) is 5.91 Å². The molecule has 1 fully saturated rings. The Morgan fingerprint density at radius 2 is 2.17 bits per heavy atom. The molecule has 1 N–H and O–H groups in total. The SMILES string of the molecule is O=C(c1cn[nH]c1)N1CCCC1c1ccccc1. The molecule has 1 saturated heterocycles. The van der Waals surface area contributed by atoms with E-state index in [9.17, 15) is 4.79 Å². The molecule has 2 heterocycles. The zero-order valence-corrected chi connectivity index (χ0v) is 10.0. The standard InChI is InChI=1S/C14H15N3O/c18-14(12-9-15-16-10-12)17-8-4-7-13(17)11-5-2-1-3-6-11/h1-3,5-6,9-10,13H,4,7-8H2,(H,15,16). The fourth-order valence-electron chi connectivity index (χ4n) is 2.57. The first kappa shape index (κ1) is 11.0. The van der Waals surface area contributed by atoms with Gasteiger partial charge >= 0.3 is 0 Å². The van der Waals surface area contributed by atoms with Crippen LogP contribution in [0.1, 0.15) is 34.8 Å². The predicted molar refractivity (Wildman–Crippen MR) is 68.0 cm³/mol. The number of nitrogens with one attached hydrogen (secondary N) is 1. The van der Waals surface area contributed by atoms with E-state index in [-0.39, 0.29) is 11.9 Å². The number of aromatic nitrogens is 2. The molecule has 1 aliphatic heterocycles. The number of benzene rings is 1. The number of aromatic amines is 1. The molecule has 0 radical (unpaired) electrons. The fraction of sp³-hybridized carbons (Fsp3) is 0.286. The Morgan fingerprint density at radius 1 is 1.33 bits per heavy atom. The molecule has 3 rings (SSSR count). The third-order valence-electron chi connectivity index (χ3n) is 3.44. The average Bonchev–Trinajstić information content (AvgIpc) is 3.10. The van der Waals surface area contributed by atoms with Crippen LogP contribution in [0.3, 0.4) is 0 Å². The van der Waals surface area contributed by atoms with Crippen molar-refractivity contribution in [2.24, 2.45) is 0 Å². The van der Waals surface area contributed by atoms with Gasteiger partial charge in [-0.2, -0.15) is 5.10 Å². The van der Waals surface area contributed by atoms with Crippen molar-refractivity contribution in [2.75, 3.05) is 6.54 Å². The number of rotatable bonds is 2. The second-order valence-corrected chi connectivity index (χ2v) is 4.55. The van der Waals surface area contributed by atoms with Gasteiger partial charge < -0.3 is 4.90 Å². The second-order valence-electron chi connectivity index (χ2n) is 4.55. The van der Waals surface area contributed by atoms with Crippen LogP contribution in [-0.2, 0) is 0 Å². The normalized spacial score (nSPS) is 19.1. The Bertz CT molecular complexity index is 521. The van der Waals surface area contributed by atoms with E-state index in [1.165, 1.54) is 5.56 Å². The zero-order chi connectivity index (χ0) is 12.4. The van der Waals surface area contributed by atoms with Gasteiger partial charge in [-0.25, -0.2) is 0 Å². The maximum absolute atomic E-state index is 12.4. The van der Waals surface area contributed by atoms with E-state index in [1.807, 2.05) is 23.1 Å². The van der Waals surface area contributed by atoms with Gasteiger partial charge in [-0.15, -0.1) is 0 Å². The van der Waals surface area contributed by atoms with E-state index in [2.05, 4.69) is 22.3 Å². The van der Waals surface area contributed by atoms with E-state index in [0.29, 0.717) is 5.56 Å². The van der Waals surface area contributed by atoms with Crippen LogP contribution in [0.15, 0.2) is 42.7 Å². The minimum atomic E-state index is 0.0649. The molecular weight excluding hydrogens is 226 g/mol. The van der Waals surface area contributed by atoms with Crippen molar-refractivity contribution < 1.29 is 4.79 Å². The highest BCUT2D eigenvalue weighted by molar-refractivity contribution is 5.94. The maximum atomic E-state index is 12.4. The summed E-state index contributed by atoms with van der Waals surface area (Å²) in [5, 5.41) is 6.53. The summed E-state index contributed by atoms with van der Waals surface area (Å²) < 4.78 is 0. The third kappa shape index (κ3) is 1.90. The number of H-pyrrole nitrogens is 1. The molecule has 0 saturated carbocycles. The summed E-state index contributed by atoms with van der Waals surface area (Å²) in [6, 6.07) is 10.4. The summed E-state index contributed by atoms with van der Waals surface area (Å²) in [6.45, 7) is 0.823. The molecule has 1 aliphatic rings. The molecular formula is C14H15N3O. The molecule has 0 aliphatic carbocycles. The molecule has 1 unspecified atom stereocenters. The van der Waals surface area contributed by atoms with Crippen LogP contribution in [0.4, 0.5) is 0 Å². The molecule has 0 bridgehead atoms. The van der Waals surface area contributed by atoms with Gasteiger partial charge in [0.05, 0.1) is 17.8 Å². The molecule has 18 heavy (non-hydrogen) atoms. The van der Waals surface area contributed by atoms with Crippen LogP contribution in [0, 0.1) is 0 Å². The number of hydrogen-bond donors (Lipinski definition) is 1. The van der Waals surface area contributed by atoms with Gasteiger partial charge in [0, 0.05) is 12.7 Å². The van der Waals surface area contributed by atoms with Crippen LogP contribution in [-0.4, -0.2) is 27.5 Å². The number of likely N-dealkylation sites (tertiary alicyclic amines) is 1. The first-order valence-electron chi connectivity index (χ1n) is 6.21. The lowest BCUT2D eigenvalue weighted by molar-refractivity contribution is 0.0736. The molecule has 1 atom stereocenters. The van der Waals surface area contributed by atoms with Crippen LogP contribution in [0.5, 0.6) is 0 Å². The van der Waals surface area contributed by atoms with Crippen molar-refractivity contribution >= 4 is 5.91 Å². The first-order chi connectivity index (χ1) is 8.86. The summed E-state index contributed by atoms with van der Waals surface area (Å²) in [4.78, 5) is 14.3. The van der Waals surface area contributed by atoms with E-state index < -0.39 is 0 Å². The van der Waals surface area contributed by atoms with Gasteiger partial charge in [-0.1, -0.05) is 30.3 Å². The zero-order valence-electron chi connectivity index (χ0n) is 10.0. The summed E-state index contributed by atoms with van der Waals surface area (Å²) >= 11 is 0. The number of amides is 1. The van der Waals surface area contributed by atoms with E-state index in [1.54, 1.807) is 12.4 Å². The lowest BCUT2D eigenvalue weighted by Crippen LogP contribution is -2.30. The maximum Gasteiger partial charge on any atom is 0.257 e. The minimum Gasteiger partial charge on any atom is -0.332 e. The molecule has 1 aromatic heterocycles. The van der Waals surface area contributed by atoms with Gasteiger partial charge in [0.2, 0.25) is 0 Å². The van der Waals surface area contributed by atoms with Gasteiger partial charge in [-0.05, 0) is 18.4 Å². The van der Waals surface area contributed by atoms with Gasteiger partial charge in [-0.3, -0.25) is 9.89 Å². The average molecular weight is 241 g/mol. The Labute approximate surface area is 106 Å². The largest absolute Gasteiger partial charge is 0.332 e. The number of carbonyl (C=O) groups is 1. The summed E-state index contributed by atoms with van der Waals surface area (Å²) in [5.41, 5.74) is 1.85. The Balaban J connectivity index is 1.86. The minimum absolute atomic E-state index is 0.0649. The highest BCUT2D eigenvalue weighted by Crippen LogP contribution is 2.32. The Morgan fingerprint density at radius 3 is 2.89 bits per heavy atom. The summed E-state index contributed by atoms with van der Waals surface area (Å²) in [7, 11) is 0. The number of nitrogens with zero attached hydrogens (tertiary/aromatic N) is 2. The molecule has 92 valence electrons. The molecule has 1 aromatic carbocycles. The van der Waals surface area contributed by atoms with Crippen molar-refractivity contribution in [1.29, 1.82) is 0 Å². The van der Waals surface area contributed by atoms with E-state index in [4.69, 9.17) is 0 Å². The number of carbonyl (C=O) groups excluding carboxylic acids is 1. The fourth-order valence-corrected chi connectivity index (χ4v) is 2.57. The van der Waals surface area contributed by atoms with Crippen LogP contribution in [0.2, 0.25) is 0 Å². The Hall–Kier alpha value is -2.10. The molecule has 2 aromatic rings. The second kappa shape index (κ2) is 4.64. The smallest absolute Gasteiger partial charge is 0.257 e. The lowest BCUT2D eigenvalue weighted by Gasteiger charge is -2.24. The quantitative estimate of drug-likeness (QED) is 0.877. The number of hydrogen-bond acceptors (Lipinski definition) is 2. The van der Waals surface area contributed by atoms with Gasteiger partial charge in [0.15, 0.2) is 0 Å². The lowest BCUT2D eigenvalue weighted by atomic mass is 10.0. The molecule has 1 amide bonds. The van der Waals surface area contributed by atoms with Crippen LogP contribution < -0.4 is 0 Å². The van der Waals surface area contributed by atoms with E-state index in [0.717, 1.165) is 19.4 Å². The highest BCUT2D eigenvalue weighted by Gasteiger charge is 2.30. The monoisotopic (exact) mass is 241 g/mol. The predicted octanol–water partition coefficient (Wildman–Crippen LogP) is 2.39. The first-order valence-corrected chi connectivity index (χ1v) is 6.21. The van der Waals surface area contributed by atoms with Crippen molar-refractivity contribution in [3.05, 3.63) is 53.9 Å². The van der Waals surface area contributed by atoms with Crippen LogP contribution in [0.25, 0.3) is 0 Å². The third-order valence-corrected chi connectivity index (χ3v) is 3.44. The molecule has 0 spiro atoms. The van der Waals surface area contributed by atoms with Crippen molar-refractivity contribution in [3.8, 4) is 0 Å².